The summed E-state index contributed by atoms with van der Waals surface area (Å²) in [6.45, 7) is 6.26. The summed E-state index contributed by atoms with van der Waals surface area (Å²) in [6, 6.07) is 11.0. The van der Waals surface area contributed by atoms with Gasteiger partial charge in [0.15, 0.2) is 5.11 Å². The molecule has 2 aromatic rings. The Labute approximate surface area is 155 Å². The minimum atomic E-state index is 0.0586. The normalized spacial score (nSPS) is 20.6. The fraction of sp³-hybridized carbons (Fsp3) is 0.474. The number of hydrogen-bond donors (Lipinski definition) is 1. The maximum Gasteiger partial charge on any atom is 0.170 e. The van der Waals surface area contributed by atoms with Crippen LogP contribution in [0.4, 0.5) is 0 Å². The molecule has 1 saturated heterocycles. The molecule has 0 bridgehead atoms. The molecule has 1 aliphatic rings. The van der Waals surface area contributed by atoms with Crippen LogP contribution < -0.4 is 5.32 Å². The van der Waals surface area contributed by atoms with Gasteiger partial charge in [-0.15, -0.1) is 0 Å². The Morgan fingerprint density at radius 3 is 2.68 bits per heavy atom. The summed E-state index contributed by atoms with van der Waals surface area (Å²) in [6.07, 6.45) is 4.00. The van der Waals surface area contributed by atoms with Gasteiger partial charge in [-0.1, -0.05) is 6.07 Å². The lowest BCUT2D eigenvalue weighted by atomic mass is 10.0. The lowest BCUT2D eigenvalue weighted by Gasteiger charge is -2.30. The molecule has 0 saturated carbocycles. The highest BCUT2D eigenvalue weighted by atomic mass is 32.1. The topological polar surface area (TPSA) is 36.3 Å². The third-order valence-electron chi connectivity index (χ3n) is 4.66. The molecule has 0 aromatic carbocycles. The number of pyridine rings is 1. The Balaban J connectivity index is 2.00. The van der Waals surface area contributed by atoms with E-state index in [0.717, 1.165) is 23.9 Å². The maximum atomic E-state index is 5.69. The first kappa shape index (κ1) is 17.9. The minimum Gasteiger partial charge on any atom is -0.352 e. The van der Waals surface area contributed by atoms with Crippen LogP contribution in [-0.4, -0.2) is 51.6 Å². The van der Waals surface area contributed by atoms with Crippen LogP contribution >= 0.6 is 12.2 Å². The van der Waals surface area contributed by atoms with Gasteiger partial charge >= 0.3 is 0 Å². The molecule has 134 valence electrons. The van der Waals surface area contributed by atoms with Crippen LogP contribution in [0.1, 0.15) is 43.4 Å². The fourth-order valence-electron chi connectivity index (χ4n) is 3.40. The molecule has 25 heavy (non-hydrogen) atoms. The Bertz CT molecular complexity index is 710. The Kier molecular flexibility index (Phi) is 5.39. The molecule has 3 rings (SSSR count). The van der Waals surface area contributed by atoms with Crippen molar-refractivity contribution in [1.29, 1.82) is 0 Å². The number of likely N-dealkylation sites (N-methyl/N-ethyl adjacent to an activating group) is 1. The van der Waals surface area contributed by atoms with Crippen LogP contribution in [0.2, 0.25) is 0 Å². The van der Waals surface area contributed by atoms with E-state index in [1.54, 1.807) is 0 Å². The van der Waals surface area contributed by atoms with Gasteiger partial charge in [-0.2, -0.15) is 0 Å². The number of nitrogens with one attached hydrogen (secondary N) is 1. The summed E-state index contributed by atoms with van der Waals surface area (Å²) < 4.78 is 2.33. The minimum absolute atomic E-state index is 0.0586. The third-order valence-corrected chi connectivity index (χ3v) is 5.01. The van der Waals surface area contributed by atoms with Crippen molar-refractivity contribution in [3.63, 3.8) is 0 Å². The van der Waals surface area contributed by atoms with Crippen LogP contribution in [0, 0.1) is 0 Å². The number of rotatable bonds is 6. The molecule has 3 heterocycles. The largest absolute Gasteiger partial charge is 0.352 e. The number of thiocarbonyl (C=S) groups is 1. The summed E-state index contributed by atoms with van der Waals surface area (Å²) in [5.74, 6) is 0. The highest BCUT2D eigenvalue weighted by molar-refractivity contribution is 7.80. The second kappa shape index (κ2) is 7.54. The average Bonchev–Trinajstić information content (AvgIpc) is 3.18. The summed E-state index contributed by atoms with van der Waals surface area (Å²) in [7, 11) is 4.18. The second-order valence-corrected chi connectivity index (χ2v) is 7.44. The molecule has 1 aliphatic heterocycles. The van der Waals surface area contributed by atoms with Crippen LogP contribution in [0.15, 0.2) is 42.7 Å². The van der Waals surface area contributed by atoms with E-state index in [1.165, 1.54) is 5.69 Å². The van der Waals surface area contributed by atoms with Crippen molar-refractivity contribution >= 4 is 17.3 Å². The highest BCUT2D eigenvalue weighted by Gasteiger charge is 2.41. The van der Waals surface area contributed by atoms with Gasteiger partial charge < -0.3 is 19.7 Å². The van der Waals surface area contributed by atoms with Crippen LogP contribution in [0.25, 0.3) is 0 Å². The van der Waals surface area contributed by atoms with Crippen LogP contribution in [0.3, 0.4) is 0 Å². The highest BCUT2D eigenvalue weighted by Crippen LogP contribution is 2.39. The van der Waals surface area contributed by atoms with E-state index in [-0.39, 0.29) is 12.1 Å². The van der Waals surface area contributed by atoms with Gasteiger partial charge in [0.05, 0.1) is 17.8 Å². The van der Waals surface area contributed by atoms with Crippen molar-refractivity contribution in [1.82, 2.24) is 24.7 Å². The summed E-state index contributed by atoms with van der Waals surface area (Å²) >= 11 is 5.69. The zero-order valence-corrected chi connectivity index (χ0v) is 16.2. The van der Waals surface area contributed by atoms with Crippen molar-refractivity contribution in [2.24, 2.45) is 0 Å². The van der Waals surface area contributed by atoms with Gasteiger partial charge in [0.1, 0.15) is 0 Å². The molecular weight excluding hydrogens is 330 g/mol. The zero-order chi connectivity index (χ0) is 18.0. The monoisotopic (exact) mass is 357 g/mol. The van der Waals surface area contributed by atoms with E-state index in [2.05, 4.69) is 77.0 Å². The lowest BCUT2D eigenvalue weighted by molar-refractivity contribution is 0.266. The van der Waals surface area contributed by atoms with Gasteiger partial charge in [-0.3, -0.25) is 4.98 Å². The van der Waals surface area contributed by atoms with E-state index in [9.17, 15) is 0 Å². The average molecular weight is 358 g/mol. The summed E-state index contributed by atoms with van der Waals surface area (Å²) in [5, 5.41) is 4.32. The van der Waals surface area contributed by atoms with Gasteiger partial charge in [0.25, 0.3) is 0 Å². The predicted molar refractivity (Wildman–Crippen MR) is 106 cm³/mol. The van der Waals surface area contributed by atoms with Gasteiger partial charge in [0.2, 0.25) is 0 Å². The van der Waals surface area contributed by atoms with E-state index >= 15 is 0 Å². The molecule has 0 unspecified atom stereocenters. The van der Waals surface area contributed by atoms with Crippen molar-refractivity contribution < 1.29 is 0 Å². The summed E-state index contributed by atoms with van der Waals surface area (Å²) in [5.41, 5.74) is 2.30. The number of nitrogens with zero attached hydrogens (tertiary/aromatic N) is 4. The van der Waals surface area contributed by atoms with Crippen molar-refractivity contribution in [2.45, 2.75) is 32.0 Å². The lowest BCUT2D eigenvalue weighted by Crippen LogP contribution is -2.36. The third kappa shape index (κ3) is 3.70. The molecule has 2 aromatic heterocycles. The predicted octanol–water partition coefficient (Wildman–Crippen LogP) is 3.00. The first-order valence-electron chi connectivity index (χ1n) is 8.78. The SMILES string of the molecule is CC(C)n1cccc1[C@@H]1[C@@H](c2ccccn2)NC(=S)N1CCN(C)C. The summed E-state index contributed by atoms with van der Waals surface area (Å²) in [4.78, 5) is 9.09. The number of aromatic nitrogens is 2. The molecule has 1 fully saturated rings. The standard InChI is InChI=1S/C19H27N5S/c1-14(2)23-11-7-9-16(23)18-17(15-8-5-6-10-20-15)21-19(25)24(18)13-12-22(3)4/h5-11,14,17-18H,12-13H2,1-4H3,(H,21,25)/t17-,18-/m1/s1. The molecule has 0 amide bonds. The molecule has 2 atom stereocenters. The van der Waals surface area contributed by atoms with Crippen molar-refractivity contribution in [3.8, 4) is 0 Å². The van der Waals surface area contributed by atoms with Crippen molar-refractivity contribution in [3.05, 3.63) is 54.1 Å². The Morgan fingerprint density at radius 1 is 1.24 bits per heavy atom. The van der Waals surface area contributed by atoms with Gasteiger partial charge in [0, 0.05) is 37.2 Å². The molecule has 6 heteroatoms. The molecule has 0 aliphatic carbocycles. The first-order chi connectivity index (χ1) is 12.0. The Hall–Kier alpha value is -1.92. The van der Waals surface area contributed by atoms with Gasteiger partial charge in [-0.25, -0.2) is 0 Å². The second-order valence-electron chi connectivity index (χ2n) is 7.06. The van der Waals surface area contributed by atoms with Crippen LogP contribution in [-0.2, 0) is 0 Å². The zero-order valence-electron chi connectivity index (χ0n) is 15.4. The number of hydrogen-bond acceptors (Lipinski definition) is 3. The first-order valence-corrected chi connectivity index (χ1v) is 9.19. The molecule has 0 radical (unpaired) electrons. The fourth-order valence-corrected chi connectivity index (χ4v) is 3.74. The van der Waals surface area contributed by atoms with Crippen molar-refractivity contribution in [2.75, 3.05) is 27.2 Å². The van der Waals surface area contributed by atoms with E-state index < -0.39 is 0 Å². The molecule has 5 nitrogen and oxygen atoms in total. The Morgan fingerprint density at radius 2 is 2.04 bits per heavy atom. The quantitative estimate of drug-likeness (QED) is 0.804. The van der Waals surface area contributed by atoms with E-state index in [1.807, 2.05) is 18.3 Å². The smallest absolute Gasteiger partial charge is 0.170 e. The van der Waals surface area contributed by atoms with Crippen LogP contribution in [0.5, 0.6) is 0 Å². The van der Waals surface area contributed by atoms with Gasteiger partial charge in [-0.05, 0) is 64.4 Å². The molecule has 0 spiro atoms. The molecular formula is C19H27N5S. The van der Waals surface area contributed by atoms with E-state index in [0.29, 0.717) is 6.04 Å². The maximum absolute atomic E-state index is 5.69. The van der Waals surface area contributed by atoms with E-state index in [4.69, 9.17) is 12.2 Å². The molecule has 1 N–H and O–H groups in total.